The van der Waals surface area contributed by atoms with Gasteiger partial charge < -0.3 is 14.8 Å². The van der Waals surface area contributed by atoms with Crippen molar-refractivity contribution in [1.82, 2.24) is 15.3 Å². The molecule has 6 nitrogen and oxygen atoms in total. The van der Waals surface area contributed by atoms with Gasteiger partial charge in [0.15, 0.2) is 0 Å². The molecule has 0 bridgehead atoms. The van der Waals surface area contributed by atoms with Crippen molar-refractivity contribution in [3.63, 3.8) is 0 Å². The van der Waals surface area contributed by atoms with Crippen molar-refractivity contribution in [2.45, 2.75) is 52.0 Å². The Balaban J connectivity index is 0.000000614. The van der Waals surface area contributed by atoms with Gasteiger partial charge >= 0.3 is 0 Å². The highest BCUT2D eigenvalue weighted by Gasteiger charge is 2.18. The van der Waals surface area contributed by atoms with Gasteiger partial charge in [-0.05, 0) is 24.4 Å². The number of halogens is 2. The third kappa shape index (κ3) is 11.3. The maximum absolute atomic E-state index is 11.9. The van der Waals surface area contributed by atoms with Crippen LogP contribution >= 0.6 is 23.2 Å². The van der Waals surface area contributed by atoms with E-state index in [0.717, 1.165) is 25.7 Å². The smallest absolute Gasteiger partial charge is 0.270 e. The number of hydrogen-bond donors (Lipinski definition) is 1. The predicted octanol–water partition coefficient (Wildman–Crippen LogP) is 4.15. The van der Waals surface area contributed by atoms with Crippen LogP contribution in [0.15, 0.2) is 6.07 Å². The second-order valence-electron chi connectivity index (χ2n) is 5.14. The largest absolute Gasteiger partial charge is 0.382 e. The molecule has 1 fully saturated rings. The Hall–Kier alpha value is -0.950. The van der Waals surface area contributed by atoms with Gasteiger partial charge in [0.05, 0.1) is 13.2 Å². The molecule has 144 valence electrons. The second kappa shape index (κ2) is 15.3. The Kier molecular flexibility index (Phi) is 14.7. The molecule has 1 aliphatic carbocycles. The van der Waals surface area contributed by atoms with E-state index in [4.69, 9.17) is 23.2 Å². The van der Waals surface area contributed by atoms with Gasteiger partial charge in [-0.15, -0.1) is 0 Å². The van der Waals surface area contributed by atoms with E-state index in [-0.39, 0.29) is 28.1 Å². The van der Waals surface area contributed by atoms with Gasteiger partial charge in [0.2, 0.25) is 5.28 Å². The number of amides is 1. The Morgan fingerprint density at radius 3 is 2.16 bits per heavy atom. The Morgan fingerprint density at radius 1 is 1.12 bits per heavy atom. The molecule has 1 heterocycles. The van der Waals surface area contributed by atoms with Crippen LogP contribution in [0.4, 0.5) is 0 Å². The van der Waals surface area contributed by atoms with E-state index in [2.05, 4.69) is 24.8 Å². The molecule has 0 aromatic carbocycles. The highest BCUT2D eigenvalue weighted by atomic mass is 35.5. The third-order valence-corrected chi connectivity index (χ3v) is 3.69. The molecule has 0 spiro atoms. The fourth-order valence-electron chi connectivity index (χ4n) is 2.18. The summed E-state index contributed by atoms with van der Waals surface area (Å²) < 4.78 is 9.31. The van der Waals surface area contributed by atoms with Gasteiger partial charge in [-0.1, -0.05) is 44.7 Å². The topological polar surface area (TPSA) is 73.3 Å². The first kappa shape index (κ1) is 24.1. The lowest BCUT2D eigenvalue weighted by Crippen LogP contribution is -2.36. The summed E-state index contributed by atoms with van der Waals surface area (Å²) in [5, 5.41) is 3.11. The zero-order chi connectivity index (χ0) is 19.1. The van der Waals surface area contributed by atoms with Crippen molar-refractivity contribution in [2.24, 2.45) is 0 Å². The quantitative estimate of drug-likeness (QED) is 0.461. The molecule has 1 aromatic rings. The summed E-state index contributed by atoms with van der Waals surface area (Å²) in [6.07, 6.45) is 5.63. The van der Waals surface area contributed by atoms with Gasteiger partial charge in [-0.3, -0.25) is 4.79 Å². The van der Waals surface area contributed by atoms with Crippen LogP contribution in [0, 0.1) is 0 Å². The molecule has 2 rings (SSSR count). The minimum atomic E-state index is -0.233. The lowest BCUT2D eigenvalue weighted by molar-refractivity contribution is 0.0922. The van der Waals surface area contributed by atoms with Crippen LogP contribution in [0.3, 0.4) is 0 Å². The first-order valence-electron chi connectivity index (χ1n) is 8.55. The molecule has 25 heavy (non-hydrogen) atoms. The van der Waals surface area contributed by atoms with Crippen LogP contribution in [0.25, 0.3) is 0 Å². The maximum atomic E-state index is 11.9. The molecule has 1 aromatic heterocycles. The summed E-state index contributed by atoms with van der Waals surface area (Å²) in [6.45, 7) is 5.38. The monoisotopic (exact) mass is 393 g/mol. The number of carbonyl (C=O) groups is 1. The minimum absolute atomic E-state index is 0.00806. The Morgan fingerprint density at radius 2 is 1.68 bits per heavy atom. The lowest BCUT2D eigenvalue weighted by Gasteiger charge is -2.22. The molecule has 1 N–H and O–H groups in total. The van der Waals surface area contributed by atoms with E-state index in [0.29, 0.717) is 13.2 Å². The van der Waals surface area contributed by atoms with Crippen LogP contribution in [-0.4, -0.2) is 49.4 Å². The lowest BCUT2D eigenvalue weighted by atomic mass is 9.95. The molecule has 1 saturated carbocycles. The number of nitrogens with one attached hydrogen (secondary N) is 1. The summed E-state index contributed by atoms with van der Waals surface area (Å²) in [5.74, 6) is -0.233. The highest BCUT2D eigenvalue weighted by Crippen LogP contribution is 2.18. The van der Waals surface area contributed by atoms with Crippen molar-refractivity contribution in [3.05, 3.63) is 22.2 Å². The number of methoxy groups -OCH3 is 2. The van der Waals surface area contributed by atoms with Crippen molar-refractivity contribution >= 4 is 29.1 Å². The SMILES string of the molecule is CC.COCCOC.O=C(NC1CCCCC1)c1cc(Cl)nc(Cl)n1. The van der Waals surface area contributed by atoms with Gasteiger partial charge in [0.25, 0.3) is 5.91 Å². The molecule has 0 radical (unpaired) electrons. The minimum Gasteiger partial charge on any atom is -0.382 e. The Labute approximate surface area is 160 Å². The van der Waals surface area contributed by atoms with E-state index in [1.54, 1.807) is 14.2 Å². The molecular weight excluding hydrogens is 365 g/mol. The molecule has 0 atom stereocenters. The van der Waals surface area contributed by atoms with Crippen molar-refractivity contribution in [3.8, 4) is 0 Å². The van der Waals surface area contributed by atoms with Gasteiger partial charge in [-0.2, -0.15) is 0 Å². The van der Waals surface area contributed by atoms with Gasteiger partial charge in [0, 0.05) is 26.3 Å². The van der Waals surface area contributed by atoms with Gasteiger partial charge in [0.1, 0.15) is 10.8 Å². The number of aromatic nitrogens is 2. The molecule has 8 heteroatoms. The maximum Gasteiger partial charge on any atom is 0.270 e. The first-order valence-corrected chi connectivity index (χ1v) is 9.31. The zero-order valence-electron chi connectivity index (χ0n) is 15.5. The summed E-state index contributed by atoms with van der Waals surface area (Å²) in [4.78, 5) is 19.5. The fourth-order valence-corrected chi connectivity index (χ4v) is 2.59. The molecule has 0 aliphatic heterocycles. The zero-order valence-corrected chi connectivity index (χ0v) is 17.0. The van der Waals surface area contributed by atoms with E-state index in [9.17, 15) is 4.79 Å². The van der Waals surface area contributed by atoms with E-state index < -0.39 is 0 Å². The van der Waals surface area contributed by atoms with Crippen molar-refractivity contribution in [2.75, 3.05) is 27.4 Å². The van der Waals surface area contributed by atoms with E-state index in [1.807, 2.05) is 13.8 Å². The highest BCUT2D eigenvalue weighted by molar-refractivity contribution is 6.32. The molecule has 0 unspecified atom stereocenters. The average Bonchev–Trinajstić information content (AvgIpc) is 2.62. The number of hydrogen-bond acceptors (Lipinski definition) is 5. The summed E-state index contributed by atoms with van der Waals surface area (Å²) in [6, 6.07) is 1.66. The predicted molar refractivity (Wildman–Crippen MR) is 101 cm³/mol. The first-order chi connectivity index (χ1) is 12.1. The van der Waals surface area contributed by atoms with Crippen LogP contribution in [0.5, 0.6) is 0 Å². The number of rotatable bonds is 5. The van der Waals surface area contributed by atoms with Crippen molar-refractivity contribution < 1.29 is 14.3 Å². The van der Waals surface area contributed by atoms with Crippen molar-refractivity contribution in [1.29, 1.82) is 0 Å². The molecule has 1 amide bonds. The summed E-state index contributed by atoms with van der Waals surface area (Å²) in [5.41, 5.74) is 0.223. The number of nitrogens with zero attached hydrogens (tertiary/aromatic N) is 2. The Bertz CT molecular complexity index is 460. The van der Waals surface area contributed by atoms with Crippen LogP contribution in [-0.2, 0) is 9.47 Å². The standard InChI is InChI=1S/C11H13Cl2N3O.C4H10O2.C2H6/c12-9-6-8(15-11(13)16-9)10(17)14-7-4-2-1-3-5-7;1-5-3-4-6-2;1-2/h6-7H,1-5H2,(H,14,17);3-4H2,1-2H3;1-2H3. The van der Waals surface area contributed by atoms with Crippen LogP contribution in [0.2, 0.25) is 10.4 Å². The molecule has 1 aliphatic rings. The summed E-state index contributed by atoms with van der Waals surface area (Å²) in [7, 11) is 3.30. The average molecular weight is 394 g/mol. The third-order valence-electron chi connectivity index (χ3n) is 3.33. The van der Waals surface area contributed by atoms with Crippen LogP contribution < -0.4 is 5.32 Å². The molecule has 0 saturated heterocycles. The van der Waals surface area contributed by atoms with Crippen LogP contribution in [0.1, 0.15) is 56.4 Å². The van der Waals surface area contributed by atoms with E-state index in [1.165, 1.54) is 12.5 Å². The van der Waals surface area contributed by atoms with Gasteiger partial charge in [-0.25, -0.2) is 9.97 Å². The van der Waals surface area contributed by atoms with E-state index >= 15 is 0 Å². The normalized spacial score (nSPS) is 13.8. The second-order valence-corrected chi connectivity index (χ2v) is 5.86. The molecular formula is C17H29Cl2N3O3. The number of ether oxygens (including phenoxy) is 2. The fraction of sp³-hybridized carbons (Fsp3) is 0.706. The summed E-state index contributed by atoms with van der Waals surface area (Å²) >= 11 is 11.4. The number of carbonyl (C=O) groups excluding carboxylic acids is 1.